The Bertz CT molecular complexity index is 1300. The summed E-state index contributed by atoms with van der Waals surface area (Å²) in [7, 11) is 1.95. The molecule has 34 heavy (non-hydrogen) atoms. The Morgan fingerprint density at radius 2 is 1.38 bits per heavy atom. The maximum atomic E-state index is 13.2. The van der Waals surface area contributed by atoms with E-state index in [9.17, 15) is 9.59 Å². The summed E-state index contributed by atoms with van der Waals surface area (Å²) in [5.41, 5.74) is 3.47. The molecule has 5 rings (SSSR count). The van der Waals surface area contributed by atoms with Gasteiger partial charge in [-0.1, -0.05) is 48.5 Å². The molecule has 172 valence electrons. The third kappa shape index (κ3) is 4.39. The van der Waals surface area contributed by atoms with Crippen LogP contribution in [-0.2, 0) is 13.7 Å². The molecular formula is C28H27N3O3. The first-order valence-electron chi connectivity index (χ1n) is 11.5. The predicted octanol–water partition coefficient (Wildman–Crippen LogP) is 4.36. The van der Waals surface area contributed by atoms with E-state index in [2.05, 4.69) is 0 Å². The fourth-order valence-electron chi connectivity index (χ4n) is 4.41. The lowest BCUT2D eigenvalue weighted by molar-refractivity contribution is 0.0536. The van der Waals surface area contributed by atoms with Crippen LogP contribution in [0.1, 0.15) is 26.3 Å². The highest BCUT2D eigenvalue weighted by atomic mass is 16.5. The Morgan fingerprint density at radius 3 is 2.09 bits per heavy atom. The van der Waals surface area contributed by atoms with E-state index in [0.717, 1.165) is 22.2 Å². The van der Waals surface area contributed by atoms with Crippen LogP contribution < -0.4 is 4.74 Å². The zero-order chi connectivity index (χ0) is 23.5. The molecule has 1 aliphatic heterocycles. The van der Waals surface area contributed by atoms with Crippen molar-refractivity contribution >= 4 is 22.7 Å². The molecule has 1 saturated heterocycles. The number of carbonyl (C=O) groups excluding carboxylic acids is 2. The van der Waals surface area contributed by atoms with E-state index in [1.54, 1.807) is 12.1 Å². The van der Waals surface area contributed by atoms with Gasteiger partial charge in [-0.3, -0.25) is 9.59 Å². The number of hydrogen-bond acceptors (Lipinski definition) is 3. The summed E-state index contributed by atoms with van der Waals surface area (Å²) in [6.07, 6.45) is 1.89. The van der Waals surface area contributed by atoms with Gasteiger partial charge < -0.3 is 19.1 Å². The van der Waals surface area contributed by atoms with E-state index >= 15 is 0 Å². The van der Waals surface area contributed by atoms with Crippen LogP contribution in [0.4, 0.5) is 0 Å². The molecule has 2 amide bonds. The number of para-hydroxylation sites is 1. The van der Waals surface area contributed by atoms with Crippen molar-refractivity contribution in [2.45, 2.75) is 6.61 Å². The zero-order valence-corrected chi connectivity index (χ0v) is 19.2. The SMILES string of the molecule is Cn1cc(C(=O)N2CCN(C(=O)c3ccc(OCc4ccccc4)cc3)CC2)c2ccccc21. The lowest BCUT2D eigenvalue weighted by atomic mass is 10.1. The molecule has 1 aromatic heterocycles. The molecule has 6 nitrogen and oxygen atoms in total. The van der Waals surface area contributed by atoms with Gasteiger partial charge in [0.2, 0.25) is 0 Å². The number of hydrogen-bond donors (Lipinski definition) is 0. The quantitative estimate of drug-likeness (QED) is 0.451. The number of benzene rings is 3. The predicted molar refractivity (Wildman–Crippen MR) is 132 cm³/mol. The van der Waals surface area contributed by atoms with E-state index in [4.69, 9.17) is 4.74 Å². The van der Waals surface area contributed by atoms with Crippen molar-refractivity contribution in [2.24, 2.45) is 7.05 Å². The summed E-state index contributed by atoms with van der Waals surface area (Å²) < 4.78 is 7.80. The number of nitrogens with zero attached hydrogens (tertiary/aromatic N) is 3. The highest BCUT2D eigenvalue weighted by Gasteiger charge is 2.27. The van der Waals surface area contributed by atoms with E-state index < -0.39 is 0 Å². The average molecular weight is 454 g/mol. The minimum atomic E-state index is -0.0214. The molecule has 2 heterocycles. The molecule has 1 fully saturated rings. The van der Waals surface area contributed by atoms with Crippen LogP contribution in [0.25, 0.3) is 10.9 Å². The average Bonchev–Trinajstić information content (AvgIpc) is 3.24. The van der Waals surface area contributed by atoms with Crippen LogP contribution in [0.2, 0.25) is 0 Å². The number of ether oxygens (including phenoxy) is 1. The Labute approximate surface area is 199 Å². The largest absolute Gasteiger partial charge is 0.489 e. The molecule has 0 saturated carbocycles. The highest BCUT2D eigenvalue weighted by Crippen LogP contribution is 2.23. The number of rotatable bonds is 5. The van der Waals surface area contributed by atoms with Crippen LogP contribution in [0.15, 0.2) is 85.1 Å². The van der Waals surface area contributed by atoms with Gasteiger partial charge in [0.15, 0.2) is 0 Å². The summed E-state index contributed by atoms with van der Waals surface area (Å²) in [4.78, 5) is 29.8. The number of carbonyl (C=O) groups is 2. The summed E-state index contributed by atoms with van der Waals surface area (Å²) in [6.45, 7) is 2.56. The first kappa shape index (κ1) is 21.8. The number of fused-ring (bicyclic) bond motifs is 1. The maximum Gasteiger partial charge on any atom is 0.256 e. The number of aromatic nitrogens is 1. The molecule has 3 aromatic carbocycles. The van der Waals surface area contributed by atoms with Gasteiger partial charge in [0.25, 0.3) is 11.8 Å². The summed E-state index contributed by atoms with van der Waals surface area (Å²) in [5.74, 6) is 0.724. The molecule has 4 aromatic rings. The molecule has 0 bridgehead atoms. The standard InChI is InChI=1S/C28H27N3O3/c1-29-19-25(24-9-5-6-10-26(24)29)28(33)31-17-15-30(16-18-31)27(32)22-11-13-23(14-12-22)34-20-21-7-3-2-4-8-21/h2-14,19H,15-18,20H2,1H3. The van der Waals surface area contributed by atoms with E-state index in [0.29, 0.717) is 43.9 Å². The third-order valence-corrected chi connectivity index (χ3v) is 6.33. The van der Waals surface area contributed by atoms with Gasteiger partial charge in [-0.05, 0) is 35.9 Å². The Hall–Kier alpha value is -4.06. The van der Waals surface area contributed by atoms with Gasteiger partial charge >= 0.3 is 0 Å². The van der Waals surface area contributed by atoms with Crippen molar-refractivity contribution in [1.82, 2.24) is 14.4 Å². The van der Waals surface area contributed by atoms with Crippen molar-refractivity contribution < 1.29 is 14.3 Å². The second kappa shape index (κ2) is 9.43. The maximum absolute atomic E-state index is 13.2. The minimum absolute atomic E-state index is 0.0174. The van der Waals surface area contributed by atoms with Gasteiger partial charge in [0, 0.05) is 55.9 Å². The second-order valence-electron chi connectivity index (χ2n) is 8.55. The highest BCUT2D eigenvalue weighted by molar-refractivity contribution is 6.07. The minimum Gasteiger partial charge on any atom is -0.489 e. The third-order valence-electron chi connectivity index (χ3n) is 6.33. The van der Waals surface area contributed by atoms with Crippen LogP contribution in [-0.4, -0.2) is 52.4 Å². The first-order chi connectivity index (χ1) is 16.6. The number of piperazine rings is 1. The Morgan fingerprint density at radius 1 is 0.765 bits per heavy atom. The van der Waals surface area contributed by atoms with E-state index in [-0.39, 0.29) is 11.8 Å². The molecule has 0 N–H and O–H groups in total. The van der Waals surface area contributed by atoms with Gasteiger partial charge in [-0.25, -0.2) is 0 Å². The lowest BCUT2D eigenvalue weighted by Crippen LogP contribution is -2.50. The fourth-order valence-corrected chi connectivity index (χ4v) is 4.41. The van der Waals surface area contributed by atoms with Crippen LogP contribution in [0.5, 0.6) is 5.75 Å². The fraction of sp³-hybridized carbons (Fsp3) is 0.214. The molecule has 0 atom stereocenters. The summed E-state index contributed by atoms with van der Waals surface area (Å²) in [6, 6.07) is 25.2. The smallest absolute Gasteiger partial charge is 0.256 e. The Kier molecular flexibility index (Phi) is 6.04. The molecular weight excluding hydrogens is 426 g/mol. The molecule has 1 aliphatic rings. The molecule has 0 spiro atoms. The van der Waals surface area contributed by atoms with E-state index in [1.165, 1.54) is 0 Å². The molecule has 0 aliphatic carbocycles. The number of aryl methyl sites for hydroxylation is 1. The topological polar surface area (TPSA) is 54.8 Å². The van der Waals surface area contributed by atoms with Crippen LogP contribution in [0, 0.1) is 0 Å². The summed E-state index contributed by atoms with van der Waals surface area (Å²) in [5, 5.41) is 0.961. The van der Waals surface area contributed by atoms with Gasteiger partial charge in [-0.2, -0.15) is 0 Å². The van der Waals surface area contributed by atoms with Crippen molar-refractivity contribution in [3.63, 3.8) is 0 Å². The van der Waals surface area contributed by atoms with Crippen LogP contribution in [0.3, 0.4) is 0 Å². The lowest BCUT2D eigenvalue weighted by Gasteiger charge is -2.34. The van der Waals surface area contributed by atoms with Gasteiger partial charge in [0.1, 0.15) is 12.4 Å². The first-order valence-corrected chi connectivity index (χ1v) is 11.5. The Balaban J connectivity index is 1.18. The second-order valence-corrected chi connectivity index (χ2v) is 8.55. The zero-order valence-electron chi connectivity index (χ0n) is 19.2. The molecule has 6 heteroatoms. The van der Waals surface area contributed by atoms with Gasteiger partial charge in [-0.15, -0.1) is 0 Å². The normalized spacial score (nSPS) is 13.8. The van der Waals surface area contributed by atoms with Crippen molar-refractivity contribution in [3.8, 4) is 5.75 Å². The number of amides is 2. The molecule has 0 radical (unpaired) electrons. The van der Waals surface area contributed by atoms with Crippen molar-refractivity contribution in [3.05, 3.63) is 102 Å². The summed E-state index contributed by atoms with van der Waals surface area (Å²) >= 11 is 0. The monoisotopic (exact) mass is 453 g/mol. The molecule has 0 unspecified atom stereocenters. The van der Waals surface area contributed by atoms with Gasteiger partial charge in [0.05, 0.1) is 5.56 Å². The van der Waals surface area contributed by atoms with Crippen molar-refractivity contribution in [1.29, 1.82) is 0 Å². The van der Waals surface area contributed by atoms with Crippen LogP contribution >= 0.6 is 0 Å². The van der Waals surface area contributed by atoms with E-state index in [1.807, 2.05) is 94.3 Å². The van der Waals surface area contributed by atoms with Crippen molar-refractivity contribution in [2.75, 3.05) is 26.2 Å².